The number of rotatable bonds is 9. The van der Waals surface area contributed by atoms with E-state index < -0.39 is 17.7 Å². The van der Waals surface area contributed by atoms with Gasteiger partial charge in [0.15, 0.2) is 0 Å². The first-order chi connectivity index (χ1) is 20.7. The lowest BCUT2D eigenvalue weighted by Gasteiger charge is -2.42. The molecule has 5 rings (SSSR count). The summed E-state index contributed by atoms with van der Waals surface area (Å²) in [4.78, 5) is 15.6. The highest BCUT2D eigenvalue weighted by atomic mass is 19.4. The molecule has 2 N–H and O–H groups in total. The van der Waals surface area contributed by atoms with E-state index in [9.17, 15) is 18.3 Å². The lowest BCUT2D eigenvalue weighted by molar-refractivity contribution is -0.192. The minimum Gasteiger partial charge on any atom is -0.494 e. The molecule has 1 aliphatic rings. The number of aromatic nitrogens is 1. The Kier molecular flexibility index (Phi) is 10.9. The SMILES string of the molecule is O=C(O)C(F)(F)F.OC(c1ccccc1)(c1ccccc1)C1CCN(CCCOc2ccc(-c3cccnc3)cc2)CC1. The molecule has 9 heteroatoms. The average molecular weight is 593 g/mol. The quantitative estimate of drug-likeness (QED) is 0.208. The summed E-state index contributed by atoms with van der Waals surface area (Å²) >= 11 is 0. The molecule has 0 aliphatic carbocycles. The molecule has 1 fully saturated rings. The number of halogens is 3. The first-order valence-corrected chi connectivity index (χ1v) is 14.2. The maximum absolute atomic E-state index is 12.1. The smallest absolute Gasteiger partial charge is 0.490 e. The van der Waals surface area contributed by atoms with Crippen LogP contribution in [-0.2, 0) is 10.4 Å². The monoisotopic (exact) mass is 592 g/mol. The van der Waals surface area contributed by atoms with Gasteiger partial charge in [-0.25, -0.2) is 4.79 Å². The molecule has 4 aromatic rings. The maximum atomic E-state index is 12.1. The number of carboxylic acids is 1. The molecule has 0 bridgehead atoms. The number of carbonyl (C=O) groups is 1. The molecule has 1 saturated heterocycles. The zero-order valence-electron chi connectivity index (χ0n) is 23.7. The molecule has 0 unspecified atom stereocenters. The third kappa shape index (κ3) is 8.65. The van der Waals surface area contributed by atoms with Crippen LogP contribution in [0, 0.1) is 5.92 Å². The third-order valence-corrected chi connectivity index (χ3v) is 7.59. The van der Waals surface area contributed by atoms with Crippen molar-refractivity contribution < 1.29 is 32.9 Å². The van der Waals surface area contributed by atoms with Crippen molar-refractivity contribution in [1.29, 1.82) is 0 Å². The van der Waals surface area contributed by atoms with Crippen molar-refractivity contribution in [2.24, 2.45) is 5.92 Å². The molecule has 0 atom stereocenters. The highest BCUT2D eigenvalue weighted by Gasteiger charge is 2.41. The third-order valence-electron chi connectivity index (χ3n) is 7.59. The Hall–Kier alpha value is -4.21. The molecular weight excluding hydrogens is 557 g/mol. The van der Waals surface area contributed by atoms with Crippen molar-refractivity contribution in [2.45, 2.75) is 31.0 Å². The van der Waals surface area contributed by atoms with Gasteiger partial charge in [0.25, 0.3) is 0 Å². The number of pyridine rings is 1. The fraction of sp³-hybridized carbons (Fsp3) is 0.294. The fourth-order valence-corrected chi connectivity index (χ4v) is 5.35. The molecule has 43 heavy (non-hydrogen) atoms. The van der Waals surface area contributed by atoms with Crippen LogP contribution in [0.3, 0.4) is 0 Å². The lowest BCUT2D eigenvalue weighted by Crippen LogP contribution is -2.44. The van der Waals surface area contributed by atoms with E-state index in [1.165, 1.54) is 0 Å². The van der Waals surface area contributed by atoms with Crippen molar-refractivity contribution in [3.63, 3.8) is 0 Å². The standard InChI is InChI=1S/C32H34N2O2.C2HF3O2/c35-32(28-10-3-1-4-11-28,29-12-5-2-6-13-29)30-18-22-34(23-19-30)21-8-24-36-31-16-14-26(15-17-31)27-9-7-20-33-25-27;3-2(4,5)1(6)7/h1-7,9-17,20,25,30,35H,8,18-19,21-24H2;(H,6,7). The van der Waals surface area contributed by atoms with Gasteiger partial charge >= 0.3 is 12.1 Å². The van der Waals surface area contributed by atoms with Crippen molar-refractivity contribution in [3.8, 4) is 16.9 Å². The van der Waals surface area contributed by atoms with Crippen molar-refractivity contribution in [1.82, 2.24) is 9.88 Å². The summed E-state index contributed by atoms with van der Waals surface area (Å²) in [6.45, 7) is 3.69. The van der Waals surface area contributed by atoms with Crippen LogP contribution in [0.2, 0.25) is 0 Å². The molecule has 0 saturated carbocycles. The second-order valence-electron chi connectivity index (χ2n) is 10.4. The number of piperidine rings is 1. The van der Waals surface area contributed by atoms with E-state index >= 15 is 0 Å². The van der Waals surface area contributed by atoms with Gasteiger partial charge in [0, 0.05) is 18.9 Å². The number of carboxylic acid groups (broad SMARTS) is 1. The number of benzene rings is 3. The van der Waals surface area contributed by atoms with Crippen LogP contribution < -0.4 is 4.74 Å². The Bertz CT molecular complexity index is 1360. The molecular formula is C34H35F3N2O4. The van der Waals surface area contributed by atoms with Crippen molar-refractivity contribution in [3.05, 3.63) is 121 Å². The van der Waals surface area contributed by atoms with Crippen molar-refractivity contribution in [2.75, 3.05) is 26.2 Å². The highest BCUT2D eigenvalue weighted by Crippen LogP contribution is 2.41. The Balaban J connectivity index is 0.000000541. The highest BCUT2D eigenvalue weighted by molar-refractivity contribution is 5.73. The van der Waals surface area contributed by atoms with Gasteiger partial charge in [-0.05, 0) is 78.7 Å². The van der Waals surface area contributed by atoms with Crippen molar-refractivity contribution >= 4 is 5.97 Å². The van der Waals surface area contributed by atoms with Gasteiger partial charge in [0.2, 0.25) is 0 Å². The largest absolute Gasteiger partial charge is 0.494 e. The number of nitrogens with zero attached hydrogens (tertiary/aromatic N) is 2. The Labute approximate surface area is 249 Å². The van der Waals surface area contributed by atoms with Crippen LogP contribution in [-0.4, -0.2) is 58.5 Å². The van der Waals surface area contributed by atoms with Gasteiger partial charge in [0.05, 0.1) is 6.61 Å². The zero-order valence-corrected chi connectivity index (χ0v) is 23.7. The van der Waals surface area contributed by atoms with E-state index in [4.69, 9.17) is 14.6 Å². The van der Waals surface area contributed by atoms with E-state index in [-0.39, 0.29) is 5.92 Å². The van der Waals surface area contributed by atoms with Crippen LogP contribution >= 0.6 is 0 Å². The normalized spacial score (nSPS) is 14.4. The Morgan fingerprint density at radius 1 is 0.837 bits per heavy atom. The minimum atomic E-state index is -5.08. The number of aliphatic hydroxyl groups is 1. The number of aliphatic carboxylic acids is 1. The molecule has 0 amide bonds. The first-order valence-electron chi connectivity index (χ1n) is 14.2. The fourth-order valence-electron chi connectivity index (χ4n) is 5.35. The van der Waals surface area contributed by atoms with Gasteiger partial charge in [-0.15, -0.1) is 0 Å². The summed E-state index contributed by atoms with van der Waals surface area (Å²) in [5, 5.41) is 19.2. The van der Waals surface area contributed by atoms with Crippen LogP contribution in [0.5, 0.6) is 5.75 Å². The van der Waals surface area contributed by atoms with E-state index in [2.05, 4.69) is 52.3 Å². The summed E-state index contributed by atoms with van der Waals surface area (Å²) in [5.74, 6) is -1.67. The number of alkyl halides is 3. The lowest BCUT2D eigenvalue weighted by atomic mass is 9.72. The zero-order chi connectivity index (χ0) is 30.7. The van der Waals surface area contributed by atoms with Crippen LogP contribution in [0.15, 0.2) is 109 Å². The predicted octanol–water partition coefficient (Wildman–Crippen LogP) is 6.80. The average Bonchev–Trinajstić information content (AvgIpc) is 3.04. The first kappa shape index (κ1) is 31.7. The molecule has 1 aromatic heterocycles. The summed E-state index contributed by atoms with van der Waals surface area (Å²) in [7, 11) is 0. The number of ether oxygens (including phenoxy) is 1. The summed E-state index contributed by atoms with van der Waals surface area (Å²) in [5.41, 5.74) is 3.26. The molecule has 6 nitrogen and oxygen atoms in total. The second kappa shape index (κ2) is 14.8. The van der Waals surface area contributed by atoms with Gasteiger partial charge in [-0.2, -0.15) is 13.2 Å². The topological polar surface area (TPSA) is 82.9 Å². The molecule has 226 valence electrons. The number of hydrogen-bond donors (Lipinski definition) is 2. The van der Waals surface area contributed by atoms with Gasteiger partial charge in [-0.3, -0.25) is 4.98 Å². The van der Waals surface area contributed by atoms with Gasteiger partial charge in [-0.1, -0.05) is 78.9 Å². The number of likely N-dealkylation sites (tertiary alicyclic amines) is 1. The molecule has 0 radical (unpaired) electrons. The van der Waals surface area contributed by atoms with E-state index in [1.807, 2.05) is 60.8 Å². The van der Waals surface area contributed by atoms with Crippen LogP contribution in [0.4, 0.5) is 13.2 Å². The minimum absolute atomic E-state index is 0.188. The molecule has 1 aliphatic heterocycles. The Morgan fingerprint density at radius 2 is 1.40 bits per heavy atom. The summed E-state index contributed by atoms with van der Waals surface area (Å²) < 4.78 is 37.7. The van der Waals surface area contributed by atoms with E-state index in [0.29, 0.717) is 6.61 Å². The second-order valence-corrected chi connectivity index (χ2v) is 10.4. The Morgan fingerprint density at radius 3 is 1.88 bits per heavy atom. The number of hydrogen-bond acceptors (Lipinski definition) is 5. The van der Waals surface area contributed by atoms with Gasteiger partial charge < -0.3 is 19.8 Å². The van der Waals surface area contributed by atoms with E-state index in [1.54, 1.807) is 6.20 Å². The van der Waals surface area contributed by atoms with Crippen LogP contribution in [0.1, 0.15) is 30.4 Å². The van der Waals surface area contributed by atoms with Crippen LogP contribution in [0.25, 0.3) is 11.1 Å². The summed E-state index contributed by atoms with van der Waals surface area (Å²) in [6, 6.07) is 32.5. The van der Waals surface area contributed by atoms with E-state index in [0.717, 1.165) is 66.9 Å². The molecule has 2 heterocycles. The predicted molar refractivity (Wildman–Crippen MR) is 159 cm³/mol. The molecule has 0 spiro atoms. The summed E-state index contributed by atoms with van der Waals surface area (Å²) in [6.07, 6.45) is 1.50. The molecule has 3 aromatic carbocycles. The van der Waals surface area contributed by atoms with Gasteiger partial charge in [0.1, 0.15) is 11.4 Å². The maximum Gasteiger partial charge on any atom is 0.490 e.